The Morgan fingerprint density at radius 2 is 1.29 bits per heavy atom. The highest BCUT2D eigenvalue weighted by molar-refractivity contribution is 5.99. The van der Waals surface area contributed by atoms with Gasteiger partial charge in [-0.05, 0) is 44.2 Å². The molecule has 2 amide bonds. The molecule has 2 rings (SSSR count). The van der Waals surface area contributed by atoms with E-state index < -0.39 is 11.8 Å². The molecule has 0 saturated heterocycles. The summed E-state index contributed by atoms with van der Waals surface area (Å²) < 4.78 is 21.3. The van der Waals surface area contributed by atoms with Crippen LogP contribution in [0.15, 0.2) is 36.4 Å². The molecule has 0 bridgehead atoms. The van der Waals surface area contributed by atoms with E-state index in [4.69, 9.17) is 18.9 Å². The van der Waals surface area contributed by atoms with Gasteiger partial charge in [0.2, 0.25) is 0 Å². The van der Waals surface area contributed by atoms with Crippen molar-refractivity contribution in [3.8, 4) is 23.0 Å². The van der Waals surface area contributed by atoms with Gasteiger partial charge in [-0.2, -0.15) is 0 Å². The first-order chi connectivity index (χ1) is 13.5. The number of carbonyl (C=O) groups is 2. The number of rotatable bonds is 8. The normalized spacial score (nSPS) is 10.0. The molecular formula is C20H24N2O6. The van der Waals surface area contributed by atoms with E-state index in [2.05, 4.69) is 10.9 Å². The highest BCUT2D eigenvalue weighted by atomic mass is 16.5. The van der Waals surface area contributed by atoms with Crippen LogP contribution >= 0.6 is 0 Å². The second-order valence-corrected chi connectivity index (χ2v) is 5.54. The zero-order chi connectivity index (χ0) is 20.5. The van der Waals surface area contributed by atoms with Gasteiger partial charge in [0.1, 0.15) is 11.5 Å². The predicted molar refractivity (Wildman–Crippen MR) is 103 cm³/mol. The molecule has 0 aliphatic heterocycles. The zero-order valence-electron chi connectivity index (χ0n) is 16.3. The van der Waals surface area contributed by atoms with Gasteiger partial charge in [-0.3, -0.25) is 20.4 Å². The maximum absolute atomic E-state index is 12.4. The smallest absolute Gasteiger partial charge is 0.269 e. The van der Waals surface area contributed by atoms with E-state index in [0.717, 1.165) is 0 Å². The minimum atomic E-state index is -0.512. The van der Waals surface area contributed by atoms with E-state index >= 15 is 0 Å². The number of methoxy groups -OCH3 is 2. The summed E-state index contributed by atoms with van der Waals surface area (Å²) in [7, 11) is 2.97. The Hall–Kier alpha value is -3.42. The van der Waals surface area contributed by atoms with Crippen LogP contribution in [0.3, 0.4) is 0 Å². The van der Waals surface area contributed by atoms with Crippen LogP contribution in [0.4, 0.5) is 0 Å². The highest BCUT2D eigenvalue weighted by Crippen LogP contribution is 2.28. The number of hydrazine groups is 1. The molecule has 0 aliphatic carbocycles. The molecule has 0 saturated carbocycles. The third-order valence-corrected chi connectivity index (χ3v) is 3.71. The Kier molecular flexibility index (Phi) is 7.50. The molecule has 0 heterocycles. The van der Waals surface area contributed by atoms with Crippen molar-refractivity contribution < 1.29 is 28.5 Å². The predicted octanol–water partition coefficient (Wildman–Crippen LogP) is 2.58. The molecule has 0 atom stereocenters. The van der Waals surface area contributed by atoms with E-state index in [0.29, 0.717) is 41.8 Å². The van der Waals surface area contributed by atoms with Crippen molar-refractivity contribution in [3.63, 3.8) is 0 Å². The molecule has 0 radical (unpaired) electrons. The molecule has 8 nitrogen and oxygen atoms in total. The lowest BCUT2D eigenvalue weighted by atomic mass is 10.2. The molecular weight excluding hydrogens is 364 g/mol. The average molecular weight is 388 g/mol. The molecule has 0 aromatic heterocycles. The Bertz CT molecular complexity index is 815. The Labute approximate surface area is 163 Å². The largest absolute Gasteiger partial charge is 0.497 e. The topological polar surface area (TPSA) is 95.1 Å². The number of ether oxygens (including phenoxy) is 4. The van der Waals surface area contributed by atoms with Crippen molar-refractivity contribution in [1.29, 1.82) is 0 Å². The minimum Gasteiger partial charge on any atom is -0.497 e. The number of hydrogen-bond donors (Lipinski definition) is 2. The first-order valence-corrected chi connectivity index (χ1v) is 8.75. The summed E-state index contributed by atoms with van der Waals surface area (Å²) in [6.45, 7) is 4.61. The fraction of sp³-hybridized carbons (Fsp3) is 0.300. The quantitative estimate of drug-likeness (QED) is 0.675. The fourth-order valence-corrected chi connectivity index (χ4v) is 2.39. The maximum atomic E-state index is 12.4. The Morgan fingerprint density at radius 3 is 1.82 bits per heavy atom. The molecule has 28 heavy (non-hydrogen) atoms. The van der Waals surface area contributed by atoms with Crippen molar-refractivity contribution in [2.45, 2.75) is 13.8 Å². The van der Waals surface area contributed by atoms with Crippen molar-refractivity contribution in [3.05, 3.63) is 47.5 Å². The molecule has 2 N–H and O–H groups in total. The first kappa shape index (κ1) is 20.9. The summed E-state index contributed by atoms with van der Waals surface area (Å²) >= 11 is 0. The number of nitrogens with one attached hydrogen (secondary N) is 2. The van der Waals surface area contributed by atoms with E-state index in [1.54, 1.807) is 24.3 Å². The summed E-state index contributed by atoms with van der Waals surface area (Å²) in [5.74, 6) is 0.926. The van der Waals surface area contributed by atoms with Crippen LogP contribution in [0.1, 0.15) is 34.6 Å². The standard InChI is InChI=1S/C20H24N2O6/c1-5-27-17-8-7-13(11-18(17)28-6-2)19(23)21-22-20(24)14-9-15(25-3)12-16(10-14)26-4/h7-12H,5-6H2,1-4H3,(H,21,23)(H,22,24). The van der Waals surface area contributed by atoms with Crippen molar-refractivity contribution in [2.75, 3.05) is 27.4 Å². The number of hydrogen-bond acceptors (Lipinski definition) is 6. The van der Waals surface area contributed by atoms with Gasteiger partial charge in [0, 0.05) is 17.2 Å². The van der Waals surface area contributed by atoms with Gasteiger partial charge in [-0.25, -0.2) is 0 Å². The molecule has 0 aliphatic rings. The van der Waals surface area contributed by atoms with Crippen molar-refractivity contribution >= 4 is 11.8 Å². The van der Waals surface area contributed by atoms with Crippen LogP contribution in [-0.2, 0) is 0 Å². The second-order valence-electron chi connectivity index (χ2n) is 5.54. The molecule has 0 unspecified atom stereocenters. The summed E-state index contributed by atoms with van der Waals surface area (Å²) in [6.07, 6.45) is 0. The van der Waals surface area contributed by atoms with Gasteiger partial charge in [0.15, 0.2) is 11.5 Å². The van der Waals surface area contributed by atoms with Crippen molar-refractivity contribution in [2.24, 2.45) is 0 Å². The van der Waals surface area contributed by atoms with Crippen LogP contribution < -0.4 is 29.8 Å². The van der Waals surface area contributed by atoms with Gasteiger partial charge >= 0.3 is 0 Å². The van der Waals surface area contributed by atoms with Gasteiger partial charge in [0.05, 0.1) is 27.4 Å². The highest BCUT2D eigenvalue weighted by Gasteiger charge is 2.14. The zero-order valence-corrected chi connectivity index (χ0v) is 16.3. The van der Waals surface area contributed by atoms with Crippen LogP contribution in [0.25, 0.3) is 0 Å². The lowest BCUT2D eigenvalue weighted by Crippen LogP contribution is -2.41. The minimum absolute atomic E-state index is 0.276. The summed E-state index contributed by atoms with van der Waals surface area (Å²) in [4.78, 5) is 24.7. The third kappa shape index (κ3) is 5.29. The van der Waals surface area contributed by atoms with Crippen molar-refractivity contribution in [1.82, 2.24) is 10.9 Å². The molecule has 0 fully saturated rings. The maximum Gasteiger partial charge on any atom is 0.269 e. The van der Waals surface area contributed by atoms with E-state index in [1.165, 1.54) is 26.4 Å². The fourth-order valence-electron chi connectivity index (χ4n) is 2.39. The Morgan fingerprint density at radius 1 is 0.750 bits per heavy atom. The second kappa shape index (κ2) is 10.1. The molecule has 8 heteroatoms. The first-order valence-electron chi connectivity index (χ1n) is 8.75. The molecule has 2 aromatic rings. The molecule has 2 aromatic carbocycles. The summed E-state index contributed by atoms with van der Waals surface area (Å²) in [5.41, 5.74) is 5.34. The van der Waals surface area contributed by atoms with Crippen LogP contribution in [0, 0.1) is 0 Å². The average Bonchev–Trinajstić information content (AvgIpc) is 2.72. The molecule has 0 spiro atoms. The van der Waals surface area contributed by atoms with Gasteiger partial charge in [-0.15, -0.1) is 0 Å². The SMILES string of the molecule is CCOc1ccc(C(=O)NNC(=O)c2cc(OC)cc(OC)c2)cc1OCC. The lowest BCUT2D eigenvalue weighted by molar-refractivity contribution is 0.0846. The Balaban J connectivity index is 2.09. The van der Waals surface area contributed by atoms with Gasteiger partial charge < -0.3 is 18.9 Å². The summed E-state index contributed by atoms with van der Waals surface area (Å²) in [6, 6.07) is 9.51. The number of amides is 2. The van der Waals surface area contributed by atoms with Crippen LogP contribution in [0.2, 0.25) is 0 Å². The number of benzene rings is 2. The van der Waals surface area contributed by atoms with E-state index in [-0.39, 0.29) is 5.56 Å². The number of carbonyl (C=O) groups excluding carboxylic acids is 2. The monoisotopic (exact) mass is 388 g/mol. The lowest BCUT2D eigenvalue weighted by Gasteiger charge is -2.13. The third-order valence-electron chi connectivity index (χ3n) is 3.71. The van der Waals surface area contributed by atoms with Gasteiger partial charge in [0.25, 0.3) is 11.8 Å². The van der Waals surface area contributed by atoms with E-state index in [9.17, 15) is 9.59 Å². The van der Waals surface area contributed by atoms with Crippen LogP contribution in [0.5, 0.6) is 23.0 Å². The van der Waals surface area contributed by atoms with Gasteiger partial charge in [-0.1, -0.05) is 0 Å². The summed E-state index contributed by atoms with van der Waals surface area (Å²) in [5, 5.41) is 0. The van der Waals surface area contributed by atoms with E-state index in [1.807, 2.05) is 13.8 Å². The molecule has 150 valence electrons. The van der Waals surface area contributed by atoms with Crippen LogP contribution in [-0.4, -0.2) is 39.2 Å².